The number of nitrogens with one attached hydrogen (secondary N) is 1. The van der Waals surface area contributed by atoms with Crippen LogP contribution < -0.4 is 10.1 Å². The fraction of sp³-hybridized carbons (Fsp3) is 0.667. The smallest absolute Gasteiger partial charge is 0.257 e. The van der Waals surface area contributed by atoms with Crippen LogP contribution in [0.3, 0.4) is 0 Å². The van der Waals surface area contributed by atoms with Crippen molar-refractivity contribution in [3.8, 4) is 5.75 Å². The molecule has 1 N–H and O–H groups in total. The van der Waals surface area contributed by atoms with Crippen LogP contribution >= 0.6 is 0 Å². The van der Waals surface area contributed by atoms with E-state index in [1.807, 2.05) is 32.0 Å². The topological polar surface area (TPSA) is 50.8 Å². The average Bonchev–Trinajstić information content (AvgIpc) is 2.66. The Balaban J connectivity index is 1.88. The summed E-state index contributed by atoms with van der Waals surface area (Å²) < 4.78 is 11.2. The van der Waals surface area contributed by atoms with Gasteiger partial charge in [0, 0.05) is 25.7 Å². The lowest BCUT2D eigenvalue weighted by atomic mass is 9.92. The lowest BCUT2D eigenvalue weighted by Gasteiger charge is -2.38. The summed E-state index contributed by atoms with van der Waals surface area (Å²) in [5.74, 6) is 1.30. The van der Waals surface area contributed by atoms with Crippen molar-refractivity contribution in [3.05, 3.63) is 29.3 Å². The van der Waals surface area contributed by atoms with Crippen LogP contribution in [-0.2, 0) is 9.53 Å². The SMILES string of the molecule is CCC(CC)C(CNC(=O)COc1cc(C)ccc1C)N1CCOCC1. The summed E-state index contributed by atoms with van der Waals surface area (Å²) in [6.07, 6.45) is 2.24. The highest BCUT2D eigenvalue weighted by molar-refractivity contribution is 5.77. The molecule has 146 valence electrons. The van der Waals surface area contributed by atoms with Crippen LogP contribution in [0.1, 0.15) is 37.8 Å². The molecule has 1 unspecified atom stereocenters. The third-order valence-electron chi connectivity index (χ3n) is 5.32. The van der Waals surface area contributed by atoms with Gasteiger partial charge in [0.05, 0.1) is 13.2 Å². The molecule has 26 heavy (non-hydrogen) atoms. The van der Waals surface area contributed by atoms with E-state index in [-0.39, 0.29) is 12.5 Å². The summed E-state index contributed by atoms with van der Waals surface area (Å²) in [6.45, 7) is 12.6. The monoisotopic (exact) mass is 362 g/mol. The predicted octanol–water partition coefficient (Wildman–Crippen LogP) is 2.94. The Morgan fingerprint density at radius 3 is 2.58 bits per heavy atom. The zero-order valence-electron chi connectivity index (χ0n) is 16.7. The second kappa shape index (κ2) is 10.5. The van der Waals surface area contributed by atoms with Crippen LogP contribution in [-0.4, -0.2) is 56.3 Å². The molecule has 5 heteroatoms. The van der Waals surface area contributed by atoms with Gasteiger partial charge in [0.1, 0.15) is 5.75 Å². The number of hydrogen-bond donors (Lipinski definition) is 1. The quantitative estimate of drug-likeness (QED) is 0.734. The fourth-order valence-electron chi connectivity index (χ4n) is 3.61. The van der Waals surface area contributed by atoms with E-state index in [0.29, 0.717) is 18.5 Å². The molecule has 1 aromatic rings. The minimum atomic E-state index is -0.0601. The molecule has 1 aliphatic rings. The molecule has 1 aliphatic heterocycles. The Morgan fingerprint density at radius 1 is 1.23 bits per heavy atom. The Labute approximate surface area is 158 Å². The average molecular weight is 363 g/mol. The summed E-state index contributed by atoms with van der Waals surface area (Å²) >= 11 is 0. The molecule has 0 spiro atoms. The van der Waals surface area contributed by atoms with Crippen molar-refractivity contribution in [1.29, 1.82) is 0 Å². The highest BCUT2D eigenvalue weighted by Gasteiger charge is 2.27. The summed E-state index contributed by atoms with van der Waals surface area (Å²) in [5.41, 5.74) is 2.18. The Morgan fingerprint density at radius 2 is 1.92 bits per heavy atom. The number of nitrogens with zero attached hydrogens (tertiary/aromatic N) is 1. The lowest BCUT2D eigenvalue weighted by Crippen LogP contribution is -2.52. The van der Waals surface area contributed by atoms with E-state index in [1.165, 1.54) is 0 Å². The van der Waals surface area contributed by atoms with E-state index >= 15 is 0 Å². The number of hydrogen-bond acceptors (Lipinski definition) is 4. The first-order chi connectivity index (χ1) is 12.5. The van der Waals surface area contributed by atoms with E-state index in [9.17, 15) is 4.79 Å². The minimum absolute atomic E-state index is 0.0586. The van der Waals surface area contributed by atoms with Gasteiger partial charge < -0.3 is 14.8 Å². The van der Waals surface area contributed by atoms with E-state index in [4.69, 9.17) is 9.47 Å². The lowest BCUT2D eigenvalue weighted by molar-refractivity contribution is -0.123. The second-order valence-electron chi connectivity index (χ2n) is 7.15. The van der Waals surface area contributed by atoms with Crippen LogP contribution in [0.4, 0.5) is 0 Å². The summed E-state index contributed by atoms with van der Waals surface area (Å²) in [5, 5.41) is 3.09. The van der Waals surface area contributed by atoms with Crippen molar-refractivity contribution in [2.45, 2.75) is 46.6 Å². The number of morpholine rings is 1. The van der Waals surface area contributed by atoms with Crippen molar-refractivity contribution < 1.29 is 14.3 Å². The van der Waals surface area contributed by atoms with Gasteiger partial charge in [0.25, 0.3) is 5.91 Å². The number of ether oxygens (including phenoxy) is 2. The van der Waals surface area contributed by atoms with E-state index in [0.717, 1.165) is 56.0 Å². The molecule has 2 rings (SSSR count). The van der Waals surface area contributed by atoms with Gasteiger partial charge in [0.2, 0.25) is 0 Å². The van der Waals surface area contributed by atoms with Crippen molar-refractivity contribution in [2.24, 2.45) is 5.92 Å². The molecule has 0 saturated carbocycles. The molecule has 1 aromatic carbocycles. The van der Waals surface area contributed by atoms with Crippen LogP contribution in [0.5, 0.6) is 5.75 Å². The van der Waals surface area contributed by atoms with E-state index in [1.54, 1.807) is 0 Å². The Kier molecular flexibility index (Phi) is 8.39. The fourth-order valence-corrected chi connectivity index (χ4v) is 3.61. The maximum absolute atomic E-state index is 12.3. The zero-order valence-corrected chi connectivity index (χ0v) is 16.7. The maximum atomic E-state index is 12.3. The molecule has 0 aromatic heterocycles. The van der Waals surface area contributed by atoms with Crippen molar-refractivity contribution in [1.82, 2.24) is 10.2 Å². The maximum Gasteiger partial charge on any atom is 0.257 e. The largest absolute Gasteiger partial charge is 0.483 e. The molecule has 1 atom stereocenters. The van der Waals surface area contributed by atoms with E-state index < -0.39 is 0 Å². The Bertz CT molecular complexity index is 566. The van der Waals surface area contributed by atoms with Crippen molar-refractivity contribution in [2.75, 3.05) is 39.5 Å². The number of carbonyl (C=O) groups is 1. The first kappa shape index (κ1) is 20.7. The third-order valence-corrected chi connectivity index (χ3v) is 5.32. The van der Waals surface area contributed by atoms with Gasteiger partial charge in [-0.05, 0) is 37.0 Å². The molecule has 1 fully saturated rings. The number of benzene rings is 1. The molecule has 5 nitrogen and oxygen atoms in total. The van der Waals surface area contributed by atoms with Gasteiger partial charge in [0.15, 0.2) is 6.61 Å². The molecule has 0 radical (unpaired) electrons. The molecule has 1 amide bonds. The van der Waals surface area contributed by atoms with Crippen LogP contribution in [0.25, 0.3) is 0 Å². The van der Waals surface area contributed by atoms with Crippen molar-refractivity contribution >= 4 is 5.91 Å². The van der Waals surface area contributed by atoms with Gasteiger partial charge in [-0.2, -0.15) is 0 Å². The highest BCUT2D eigenvalue weighted by Crippen LogP contribution is 2.20. The molecule has 0 bridgehead atoms. The summed E-state index contributed by atoms with van der Waals surface area (Å²) in [4.78, 5) is 14.8. The second-order valence-corrected chi connectivity index (χ2v) is 7.15. The third kappa shape index (κ3) is 5.99. The van der Waals surface area contributed by atoms with Gasteiger partial charge in [-0.15, -0.1) is 0 Å². The van der Waals surface area contributed by atoms with Crippen LogP contribution in [0, 0.1) is 19.8 Å². The zero-order chi connectivity index (χ0) is 18.9. The van der Waals surface area contributed by atoms with E-state index in [2.05, 4.69) is 24.1 Å². The van der Waals surface area contributed by atoms with Crippen LogP contribution in [0.15, 0.2) is 18.2 Å². The predicted molar refractivity (Wildman–Crippen MR) is 105 cm³/mol. The Hall–Kier alpha value is -1.59. The first-order valence-electron chi connectivity index (χ1n) is 9.83. The molecule has 1 heterocycles. The van der Waals surface area contributed by atoms with Gasteiger partial charge in [-0.25, -0.2) is 0 Å². The number of carbonyl (C=O) groups excluding carboxylic acids is 1. The molecule has 0 aliphatic carbocycles. The number of aryl methyl sites for hydroxylation is 2. The summed E-state index contributed by atoms with van der Waals surface area (Å²) in [6, 6.07) is 6.40. The van der Waals surface area contributed by atoms with Gasteiger partial charge >= 0.3 is 0 Å². The molecular formula is C21H34N2O3. The van der Waals surface area contributed by atoms with Gasteiger partial charge in [-0.1, -0.05) is 38.8 Å². The molecular weight excluding hydrogens is 328 g/mol. The summed E-state index contributed by atoms with van der Waals surface area (Å²) in [7, 11) is 0. The van der Waals surface area contributed by atoms with Crippen LogP contribution in [0.2, 0.25) is 0 Å². The highest BCUT2D eigenvalue weighted by atomic mass is 16.5. The van der Waals surface area contributed by atoms with Gasteiger partial charge in [-0.3, -0.25) is 9.69 Å². The minimum Gasteiger partial charge on any atom is -0.483 e. The standard InChI is InChI=1S/C21H34N2O3/c1-5-18(6-2)19(23-9-11-25-12-10-23)14-22-21(24)15-26-20-13-16(3)7-8-17(20)4/h7-8,13,18-19H,5-6,9-12,14-15H2,1-4H3,(H,22,24). The number of amides is 1. The van der Waals surface area contributed by atoms with Crippen molar-refractivity contribution in [3.63, 3.8) is 0 Å². The number of rotatable bonds is 9. The normalized spacial score (nSPS) is 16.5. The molecule has 1 saturated heterocycles. The first-order valence-corrected chi connectivity index (χ1v) is 9.83.